The van der Waals surface area contributed by atoms with E-state index in [1.165, 1.54) is 19.4 Å². The highest BCUT2D eigenvalue weighted by molar-refractivity contribution is 7.92. The molecule has 0 saturated heterocycles. The van der Waals surface area contributed by atoms with Crippen molar-refractivity contribution in [3.63, 3.8) is 0 Å². The third kappa shape index (κ3) is 4.64. The Morgan fingerprint density at radius 2 is 1.83 bits per heavy atom. The molecule has 1 aromatic rings. The quantitative estimate of drug-likeness (QED) is 0.759. The predicted octanol–water partition coefficient (Wildman–Crippen LogP) is 4.09. The maximum Gasteiger partial charge on any atom is 0.240 e. The Bertz CT molecular complexity index is 700. The van der Waals surface area contributed by atoms with Gasteiger partial charge in [-0.05, 0) is 37.5 Å². The average molecular weight is 392 g/mol. The Morgan fingerprint density at radius 3 is 2.42 bits per heavy atom. The molecule has 1 atom stereocenters. The van der Waals surface area contributed by atoms with E-state index in [9.17, 15) is 13.2 Å². The van der Waals surface area contributed by atoms with Crippen LogP contribution in [0.2, 0.25) is 10.0 Å². The van der Waals surface area contributed by atoms with E-state index in [1.54, 1.807) is 24.1 Å². The Kier molecular flexibility index (Phi) is 6.57. The fourth-order valence-electron chi connectivity index (χ4n) is 3.08. The second-order valence-electron chi connectivity index (χ2n) is 6.44. The molecule has 0 heterocycles. The molecule has 1 saturated carbocycles. The lowest BCUT2D eigenvalue weighted by Gasteiger charge is -2.32. The summed E-state index contributed by atoms with van der Waals surface area (Å²) in [7, 11) is -1.91. The van der Waals surface area contributed by atoms with Gasteiger partial charge >= 0.3 is 0 Å². The van der Waals surface area contributed by atoms with Crippen LogP contribution in [0.25, 0.3) is 0 Å². The summed E-state index contributed by atoms with van der Waals surface area (Å²) in [5, 5.41) is -0.388. The Hall–Kier alpha value is -0.780. The lowest BCUT2D eigenvalue weighted by atomic mass is 9.94. The highest BCUT2D eigenvalue weighted by Gasteiger charge is 2.33. The molecule has 0 radical (unpaired) electrons. The molecule has 0 bridgehead atoms. The SMILES string of the molecule is C[C@H](C(=O)N(C)C1CCCCC1)S(=O)(=O)Cc1ccc(Cl)c(Cl)c1. The van der Waals surface area contributed by atoms with Crippen LogP contribution in [0.15, 0.2) is 18.2 Å². The molecule has 7 heteroatoms. The van der Waals surface area contributed by atoms with E-state index in [0.29, 0.717) is 15.6 Å². The molecule has 0 unspecified atom stereocenters. The van der Waals surface area contributed by atoms with Crippen LogP contribution in [0.5, 0.6) is 0 Å². The van der Waals surface area contributed by atoms with Crippen molar-refractivity contribution in [1.29, 1.82) is 0 Å². The number of halogens is 2. The van der Waals surface area contributed by atoms with E-state index in [4.69, 9.17) is 23.2 Å². The maximum absolute atomic E-state index is 12.6. The summed E-state index contributed by atoms with van der Waals surface area (Å²) in [6, 6.07) is 4.86. The molecule has 0 N–H and O–H groups in total. The zero-order chi connectivity index (χ0) is 17.9. The van der Waals surface area contributed by atoms with Gasteiger partial charge in [0, 0.05) is 13.1 Å². The minimum Gasteiger partial charge on any atom is -0.342 e. The number of sulfone groups is 1. The van der Waals surface area contributed by atoms with E-state index in [0.717, 1.165) is 25.7 Å². The number of rotatable bonds is 5. The summed E-state index contributed by atoms with van der Waals surface area (Å²) >= 11 is 11.8. The minimum absolute atomic E-state index is 0.147. The van der Waals surface area contributed by atoms with E-state index < -0.39 is 15.1 Å². The monoisotopic (exact) mass is 391 g/mol. The minimum atomic E-state index is -3.62. The van der Waals surface area contributed by atoms with Crippen LogP contribution in [0.3, 0.4) is 0 Å². The van der Waals surface area contributed by atoms with Crippen molar-refractivity contribution in [1.82, 2.24) is 4.90 Å². The number of carbonyl (C=O) groups excluding carboxylic acids is 1. The van der Waals surface area contributed by atoms with Gasteiger partial charge in [0.25, 0.3) is 0 Å². The molecular formula is C17H23Cl2NO3S. The first kappa shape index (κ1) is 19.5. The van der Waals surface area contributed by atoms with Crippen LogP contribution >= 0.6 is 23.2 Å². The molecule has 1 fully saturated rings. The van der Waals surface area contributed by atoms with Crippen molar-refractivity contribution in [2.24, 2.45) is 0 Å². The Balaban J connectivity index is 2.09. The number of carbonyl (C=O) groups is 1. The molecule has 134 valence electrons. The first-order valence-corrected chi connectivity index (χ1v) is 10.6. The first-order chi connectivity index (χ1) is 11.2. The molecule has 0 aliphatic heterocycles. The van der Waals surface area contributed by atoms with E-state index in [2.05, 4.69) is 0 Å². The van der Waals surface area contributed by atoms with Crippen molar-refractivity contribution < 1.29 is 13.2 Å². The molecule has 0 aromatic heterocycles. The molecule has 1 amide bonds. The summed E-state index contributed by atoms with van der Waals surface area (Å²) in [5.74, 6) is -0.558. The molecule has 1 aliphatic rings. The lowest BCUT2D eigenvalue weighted by Crippen LogP contribution is -2.45. The van der Waals surface area contributed by atoms with Gasteiger partial charge in [0.05, 0.1) is 15.8 Å². The number of benzene rings is 1. The van der Waals surface area contributed by atoms with E-state index in [1.807, 2.05) is 0 Å². The predicted molar refractivity (Wildman–Crippen MR) is 98.2 cm³/mol. The summed E-state index contributed by atoms with van der Waals surface area (Å²) < 4.78 is 25.2. The summed E-state index contributed by atoms with van der Waals surface area (Å²) in [4.78, 5) is 14.2. The van der Waals surface area contributed by atoms with Crippen molar-refractivity contribution in [3.05, 3.63) is 33.8 Å². The van der Waals surface area contributed by atoms with E-state index in [-0.39, 0.29) is 17.7 Å². The Morgan fingerprint density at radius 1 is 1.21 bits per heavy atom. The van der Waals surface area contributed by atoms with Gasteiger partial charge in [0.1, 0.15) is 5.25 Å². The molecule has 0 spiro atoms. The second kappa shape index (κ2) is 8.07. The standard InChI is InChI=1S/C17H23Cl2NO3S/c1-12(17(21)20(2)14-6-4-3-5-7-14)24(22,23)11-13-8-9-15(18)16(19)10-13/h8-10,12,14H,3-7,11H2,1-2H3/t12-/m1/s1. The largest absolute Gasteiger partial charge is 0.342 e. The van der Waals surface area contributed by atoms with Crippen LogP contribution in [-0.2, 0) is 20.4 Å². The van der Waals surface area contributed by atoms with Gasteiger partial charge < -0.3 is 4.90 Å². The van der Waals surface area contributed by atoms with Gasteiger partial charge in [-0.1, -0.05) is 48.5 Å². The van der Waals surface area contributed by atoms with Crippen molar-refractivity contribution in [3.8, 4) is 0 Å². The Labute approximate surface area is 154 Å². The van der Waals surface area contributed by atoms with E-state index >= 15 is 0 Å². The van der Waals surface area contributed by atoms with Crippen LogP contribution in [0, 0.1) is 0 Å². The fourth-order valence-corrected chi connectivity index (χ4v) is 4.76. The number of hydrogen-bond donors (Lipinski definition) is 0. The number of amides is 1. The number of nitrogens with zero attached hydrogens (tertiary/aromatic N) is 1. The van der Waals surface area contributed by atoms with Gasteiger partial charge in [-0.3, -0.25) is 4.79 Å². The van der Waals surface area contributed by atoms with Crippen molar-refractivity contribution in [2.75, 3.05) is 7.05 Å². The van der Waals surface area contributed by atoms with Gasteiger partial charge in [0.15, 0.2) is 9.84 Å². The van der Waals surface area contributed by atoms with Crippen LogP contribution in [0.4, 0.5) is 0 Å². The van der Waals surface area contributed by atoms with Gasteiger partial charge in [0.2, 0.25) is 5.91 Å². The van der Waals surface area contributed by atoms with Crippen LogP contribution < -0.4 is 0 Å². The summed E-state index contributed by atoms with van der Waals surface area (Å²) in [5.41, 5.74) is 0.532. The third-order valence-electron chi connectivity index (χ3n) is 4.71. The molecule has 2 rings (SSSR count). The van der Waals surface area contributed by atoms with Gasteiger partial charge in [-0.15, -0.1) is 0 Å². The molecule has 24 heavy (non-hydrogen) atoms. The average Bonchev–Trinajstić information content (AvgIpc) is 2.56. The van der Waals surface area contributed by atoms with Gasteiger partial charge in [-0.25, -0.2) is 8.42 Å². The molecular weight excluding hydrogens is 369 g/mol. The first-order valence-electron chi connectivity index (χ1n) is 8.14. The number of hydrogen-bond acceptors (Lipinski definition) is 3. The molecule has 1 aliphatic carbocycles. The van der Waals surface area contributed by atoms with Crippen molar-refractivity contribution in [2.45, 2.75) is 56.1 Å². The maximum atomic E-state index is 12.6. The smallest absolute Gasteiger partial charge is 0.240 e. The van der Waals surface area contributed by atoms with Crippen LogP contribution in [-0.4, -0.2) is 37.6 Å². The van der Waals surface area contributed by atoms with Crippen LogP contribution in [0.1, 0.15) is 44.6 Å². The lowest BCUT2D eigenvalue weighted by molar-refractivity contribution is -0.131. The topological polar surface area (TPSA) is 54.5 Å². The molecule has 1 aromatic carbocycles. The van der Waals surface area contributed by atoms with Crippen molar-refractivity contribution >= 4 is 38.9 Å². The van der Waals surface area contributed by atoms with Gasteiger partial charge in [-0.2, -0.15) is 0 Å². The normalized spacial score (nSPS) is 17.5. The fraction of sp³-hybridized carbons (Fsp3) is 0.588. The third-order valence-corrected chi connectivity index (χ3v) is 7.46. The summed E-state index contributed by atoms with van der Waals surface area (Å²) in [6.07, 6.45) is 5.26. The summed E-state index contributed by atoms with van der Waals surface area (Å²) in [6.45, 7) is 1.47. The second-order valence-corrected chi connectivity index (χ2v) is 9.57. The zero-order valence-corrected chi connectivity index (χ0v) is 16.3. The molecule has 4 nitrogen and oxygen atoms in total. The highest BCUT2D eigenvalue weighted by Crippen LogP contribution is 2.26. The zero-order valence-electron chi connectivity index (χ0n) is 14.0. The highest BCUT2D eigenvalue weighted by atomic mass is 35.5.